The number of aliphatic hydroxyl groups is 2. The Morgan fingerprint density at radius 2 is 2.04 bits per heavy atom. The van der Waals surface area contributed by atoms with Gasteiger partial charge in [0, 0.05) is 18.3 Å². The Labute approximate surface area is 148 Å². The molecule has 0 radical (unpaired) electrons. The van der Waals surface area contributed by atoms with Gasteiger partial charge in [0.1, 0.15) is 28.6 Å². The van der Waals surface area contributed by atoms with Gasteiger partial charge in [0.15, 0.2) is 0 Å². The lowest BCUT2D eigenvalue weighted by molar-refractivity contribution is 0.0136. The van der Waals surface area contributed by atoms with Crippen LogP contribution in [0.5, 0.6) is 0 Å². The minimum atomic E-state index is -1.32. The summed E-state index contributed by atoms with van der Waals surface area (Å²) in [6.07, 6.45) is -1.86. The van der Waals surface area contributed by atoms with E-state index in [1.165, 1.54) is 6.20 Å². The zero-order valence-corrected chi connectivity index (χ0v) is 14.8. The van der Waals surface area contributed by atoms with Crippen LogP contribution in [0.25, 0.3) is 11.0 Å². The van der Waals surface area contributed by atoms with Gasteiger partial charge < -0.3 is 25.3 Å². The molecule has 2 unspecified atom stereocenters. The van der Waals surface area contributed by atoms with Gasteiger partial charge in [-0.15, -0.1) is 0 Å². The van der Waals surface area contributed by atoms with E-state index in [0.717, 1.165) is 0 Å². The molecule has 2 rings (SSSR count). The van der Waals surface area contributed by atoms with Crippen LogP contribution in [0.4, 0.5) is 4.79 Å². The average molecular weight is 377 g/mol. The van der Waals surface area contributed by atoms with Crippen molar-refractivity contribution in [2.75, 3.05) is 6.54 Å². The van der Waals surface area contributed by atoms with Gasteiger partial charge in [0.2, 0.25) is 5.28 Å². The highest BCUT2D eigenvalue weighted by atomic mass is 35.5. The second kappa shape index (κ2) is 7.10. The first-order valence-electron chi connectivity index (χ1n) is 7.11. The molecule has 24 heavy (non-hydrogen) atoms. The van der Waals surface area contributed by atoms with Crippen LogP contribution in [0.1, 0.15) is 32.4 Å². The molecule has 0 bridgehead atoms. The van der Waals surface area contributed by atoms with E-state index >= 15 is 0 Å². The molecule has 8 nitrogen and oxygen atoms in total. The number of hydrogen-bond donors (Lipinski definition) is 4. The van der Waals surface area contributed by atoms with Gasteiger partial charge in [-0.25, -0.2) is 9.78 Å². The van der Waals surface area contributed by atoms with Crippen LogP contribution in [-0.4, -0.2) is 49.5 Å². The van der Waals surface area contributed by atoms with Crippen molar-refractivity contribution in [3.05, 3.63) is 22.2 Å². The Kier molecular flexibility index (Phi) is 5.54. The number of H-pyrrole nitrogens is 1. The fourth-order valence-corrected chi connectivity index (χ4v) is 2.53. The van der Waals surface area contributed by atoms with Crippen LogP contribution in [0, 0.1) is 0 Å². The molecule has 0 saturated heterocycles. The van der Waals surface area contributed by atoms with E-state index in [1.807, 2.05) is 0 Å². The zero-order valence-electron chi connectivity index (χ0n) is 13.3. The van der Waals surface area contributed by atoms with Gasteiger partial charge in [0.05, 0.1) is 5.39 Å². The zero-order chi connectivity index (χ0) is 18.1. The summed E-state index contributed by atoms with van der Waals surface area (Å²) in [7, 11) is 0. The van der Waals surface area contributed by atoms with E-state index in [9.17, 15) is 15.0 Å². The Morgan fingerprint density at radius 3 is 2.67 bits per heavy atom. The Morgan fingerprint density at radius 1 is 1.38 bits per heavy atom. The molecule has 0 spiro atoms. The number of fused-ring (bicyclic) bond motifs is 1. The number of aromatic amines is 1. The minimum Gasteiger partial charge on any atom is -0.444 e. The van der Waals surface area contributed by atoms with Crippen molar-refractivity contribution in [1.82, 2.24) is 20.3 Å². The van der Waals surface area contributed by atoms with Crippen LogP contribution in [0.3, 0.4) is 0 Å². The van der Waals surface area contributed by atoms with E-state index in [-0.39, 0.29) is 17.0 Å². The van der Waals surface area contributed by atoms with Crippen molar-refractivity contribution >= 4 is 40.3 Å². The summed E-state index contributed by atoms with van der Waals surface area (Å²) in [6, 6.07) is 0. The van der Waals surface area contributed by atoms with Crippen LogP contribution in [0.2, 0.25) is 10.4 Å². The molecular formula is C14H18Cl2N4O4. The highest BCUT2D eigenvalue weighted by Crippen LogP contribution is 2.30. The largest absolute Gasteiger partial charge is 0.444 e. The van der Waals surface area contributed by atoms with Crippen molar-refractivity contribution < 1.29 is 19.7 Å². The number of halogens is 2. The monoisotopic (exact) mass is 376 g/mol. The molecule has 132 valence electrons. The topological polar surface area (TPSA) is 120 Å². The summed E-state index contributed by atoms with van der Waals surface area (Å²) in [5, 5.41) is 23.2. The summed E-state index contributed by atoms with van der Waals surface area (Å²) in [4.78, 5) is 22.1. The molecule has 0 fully saturated rings. The number of nitrogens with one attached hydrogen (secondary N) is 2. The van der Waals surface area contributed by atoms with E-state index < -0.39 is 23.9 Å². The first-order valence-corrected chi connectivity index (χ1v) is 7.87. The molecule has 0 aliphatic carbocycles. The maximum Gasteiger partial charge on any atom is 0.407 e. The second-order valence-electron chi connectivity index (χ2n) is 6.15. The van der Waals surface area contributed by atoms with Crippen molar-refractivity contribution in [2.24, 2.45) is 0 Å². The summed E-state index contributed by atoms with van der Waals surface area (Å²) >= 11 is 11.7. The molecule has 0 saturated carbocycles. The Hall–Kier alpha value is -1.61. The third kappa shape index (κ3) is 4.47. The maximum absolute atomic E-state index is 11.6. The molecule has 2 aromatic heterocycles. The molecule has 0 aliphatic rings. The lowest BCUT2D eigenvalue weighted by Crippen LogP contribution is -2.38. The number of carbonyl (C=O) groups is 1. The molecule has 10 heteroatoms. The van der Waals surface area contributed by atoms with Crippen molar-refractivity contribution in [3.63, 3.8) is 0 Å². The number of rotatable bonds is 4. The second-order valence-corrected chi connectivity index (χ2v) is 6.84. The van der Waals surface area contributed by atoms with Crippen molar-refractivity contribution in [2.45, 2.75) is 38.6 Å². The standard InChI is InChI=1S/C14H18Cl2N4O4/c1-14(2,3)24-13(23)18-5-7(21)9(22)6-4-17-11-8(6)10(15)19-12(16)20-11/h4,7,9,21-22H,5H2,1-3H3,(H,18,23)(H,17,19,20). The van der Waals surface area contributed by atoms with Crippen LogP contribution < -0.4 is 5.32 Å². The summed E-state index contributed by atoms with van der Waals surface area (Å²) in [6.45, 7) is 4.94. The van der Waals surface area contributed by atoms with Gasteiger partial charge in [-0.3, -0.25) is 0 Å². The Bertz CT molecular complexity index is 744. The van der Waals surface area contributed by atoms with E-state index in [0.29, 0.717) is 16.6 Å². The normalized spacial score (nSPS) is 14.5. The lowest BCUT2D eigenvalue weighted by atomic mass is 10.1. The molecule has 0 aliphatic heterocycles. The summed E-state index contributed by atoms with van der Waals surface area (Å²) < 4.78 is 5.06. The quantitative estimate of drug-likeness (QED) is 0.479. The molecule has 2 atom stereocenters. The average Bonchev–Trinajstić information content (AvgIpc) is 2.86. The molecule has 2 aromatic rings. The number of nitrogens with zero attached hydrogens (tertiary/aromatic N) is 2. The predicted octanol–water partition coefficient (Wildman–Crippen LogP) is 2.18. The van der Waals surface area contributed by atoms with Crippen LogP contribution >= 0.6 is 23.2 Å². The third-order valence-corrected chi connectivity index (χ3v) is 3.47. The SMILES string of the molecule is CC(C)(C)OC(=O)NCC(O)C(O)c1c[nH]c2nc(Cl)nc(Cl)c12. The van der Waals surface area contributed by atoms with Gasteiger partial charge in [-0.05, 0) is 32.4 Å². The maximum atomic E-state index is 11.6. The lowest BCUT2D eigenvalue weighted by Gasteiger charge is -2.22. The summed E-state index contributed by atoms with van der Waals surface area (Å²) in [5.74, 6) is 0. The number of ether oxygens (including phenoxy) is 1. The third-order valence-electron chi connectivity index (χ3n) is 3.03. The molecule has 2 heterocycles. The molecule has 4 N–H and O–H groups in total. The van der Waals surface area contributed by atoms with Gasteiger partial charge >= 0.3 is 6.09 Å². The minimum absolute atomic E-state index is 0.0393. The fraction of sp³-hybridized carbons (Fsp3) is 0.500. The van der Waals surface area contributed by atoms with Gasteiger partial charge in [0.25, 0.3) is 0 Å². The number of aromatic nitrogens is 3. The molecule has 1 amide bonds. The Balaban J connectivity index is 2.09. The molecule has 0 aromatic carbocycles. The highest BCUT2D eigenvalue weighted by molar-refractivity contribution is 6.35. The van der Waals surface area contributed by atoms with Gasteiger partial charge in [-0.2, -0.15) is 4.98 Å². The van der Waals surface area contributed by atoms with E-state index in [2.05, 4.69) is 20.3 Å². The number of amides is 1. The highest BCUT2D eigenvalue weighted by Gasteiger charge is 2.25. The van der Waals surface area contributed by atoms with Gasteiger partial charge in [-0.1, -0.05) is 11.6 Å². The first-order chi connectivity index (χ1) is 11.1. The van der Waals surface area contributed by atoms with Crippen LogP contribution in [0.15, 0.2) is 6.20 Å². The number of carbonyl (C=O) groups excluding carboxylic acids is 1. The number of alkyl carbamates (subject to hydrolysis) is 1. The van der Waals surface area contributed by atoms with E-state index in [1.54, 1.807) is 20.8 Å². The first kappa shape index (κ1) is 18.7. The molecular weight excluding hydrogens is 359 g/mol. The summed E-state index contributed by atoms with van der Waals surface area (Å²) in [5.41, 5.74) is -0.0271. The number of hydrogen-bond acceptors (Lipinski definition) is 6. The fourth-order valence-electron chi connectivity index (χ4n) is 2.04. The predicted molar refractivity (Wildman–Crippen MR) is 89.1 cm³/mol. The van der Waals surface area contributed by atoms with E-state index in [4.69, 9.17) is 27.9 Å². The van der Waals surface area contributed by atoms with Crippen molar-refractivity contribution in [1.29, 1.82) is 0 Å². The van der Waals surface area contributed by atoms with Crippen LogP contribution in [-0.2, 0) is 4.74 Å². The van der Waals surface area contributed by atoms with Crippen molar-refractivity contribution in [3.8, 4) is 0 Å². The smallest absolute Gasteiger partial charge is 0.407 e. The number of aliphatic hydroxyl groups excluding tert-OH is 2.